The first-order valence-corrected chi connectivity index (χ1v) is 6.98. The summed E-state index contributed by atoms with van der Waals surface area (Å²) >= 11 is 0. The number of hydrogen-bond acceptors (Lipinski definition) is 3. The second kappa shape index (κ2) is 7.99. The summed E-state index contributed by atoms with van der Waals surface area (Å²) in [5.41, 5.74) is 0. The average molecular weight is 272 g/mol. The molecule has 110 valence electrons. The zero-order valence-corrected chi connectivity index (χ0v) is 11.5. The third-order valence-corrected chi connectivity index (χ3v) is 3.43. The zero-order chi connectivity index (χ0) is 14.3. The van der Waals surface area contributed by atoms with Crippen LogP contribution in [0.15, 0.2) is 0 Å². The summed E-state index contributed by atoms with van der Waals surface area (Å²) in [5.74, 6) is -0.988. The fraction of sp³-hybridized carbons (Fsp3) is 0.846. The number of urea groups is 1. The van der Waals surface area contributed by atoms with Gasteiger partial charge >= 0.3 is 12.0 Å². The van der Waals surface area contributed by atoms with Gasteiger partial charge in [-0.1, -0.05) is 6.92 Å². The van der Waals surface area contributed by atoms with E-state index in [9.17, 15) is 9.59 Å². The van der Waals surface area contributed by atoms with Crippen LogP contribution in [-0.2, 0) is 4.79 Å². The van der Waals surface area contributed by atoms with Gasteiger partial charge in [-0.15, -0.1) is 0 Å². The zero-order valence-electron chi connectivity index (χ0n) is 11.5. The van der Waals surface area contributed by atoms with Gasteiger partial charge in [-0.2, -0.15) is 0 Å². The average Bonchev–Trinajstić information content (AvgIpc) is 2.38. The van der Waals surface area contributed by atoms with Crippen LogP contribution >= 0.6 is 0 Å². The number of carbonyl (C=O) groups is 2. The molecule has 19 heavy (non-hydrogen) atoms. The predicted octanol–water partition coefficient (Wildman–Crippen LogP) is 1.14. The molecule has 0 radical (unpaired) electrons. The van der Waals surface area contributed by atoms with Gasteiger partial charge in [0.2, 0.25) is 0 Å². The Kier molecular flexibility index (Phi) is 6.62. The molecule has 0 aromatic heterocycles. The summed E-state index contributed by atoms with van der Waals surface area (Å²) in [6, 6.07) is -0.165. The van der Waals surface area contributed by atoms with Gasteiger partial charge in [-0.05, 0) is 32.1 Å². The number of rotatable bonds is 6. The highest BCUT2D eigenvalue weighted by molar-refractivity contribution is 5.80. The maximum Gasteiger partial charge on any atom is 0.323 e. The minimum absolute atomic E-state index is 0.0411. The van der Waals surface area contributed by atoms with Crippen molar-refractivity contribution in [2.24, 2.45) is 0 Å². The van der Waals surface area contributed by atoms with E-state index in [1.54, 1.807) is 4.90 Å². The van der Waals surface area contributed by atoms with Crippen LogP contribution < -0.4 is 0 Å². The first kappa shape index (κ1) is 15.8. The van der Waals surface area contributed by atoms with Gasteiger partial charge in [-0.3, -0.25) is 4.79 Å². The standard InChI is InChI=1S/C13H24N2O4/c1-2-7-14(10-12(17)18)13(19)15-8-4-3-5-11(15)6-9-16/h11,16H,2-10H2,1H3,(H,17,18). The van der Waals surface area contributed by atoms with Crippen molar-refractivity contribution in [2.45, 2.75) is 45.1 Å². The van der Waals surface area contributed by atoms with Gasteiger partial charge in [0.25, 0.3) is 0 Å². The van der Waals surface area contributed by atoms with E-state index in [4.69, 9.17) is 10.2 Å². The summed E-state index contributed by atoms with van der Waals surface area (Å²) in [6.07, 6.45) is 4.19. The lowest BCUT2D eigenvalue weighted by Crippen LogP contribution is -2.51. The molecule has 6 heteroatoms. The Balaban J connectivity index is 2.71. The molecule has 1 aliphatic rings. The highest BCUT2D eigenvalue weighted by atomic mass is 16.4. The molecule has 1 saturated heterocycles. The summed E-state index contributed by atoms with van der Waals surface area (Å²) in [5, 5.41) is 17.9. The second-order valence-electron chi connectivity index (χ2n) is 4.95. The molecule has 1 rings (SSSR count). The quantitative estimate of drug-likeness (QED) is 0.759. The van der Waals surface area contributed by atoms with Crippen LogP contribution in [-0.4, -0.2) is 64.3 Å². The topological polar surface area (TPSA) is 81.1 Å². The molecule has 1 aliphatic heterocycles. The van der Waals surface area contributed by atoms with Crippen LogP contribution in [0.3, 0.4) is 0 Å². The van der Waals surface area contributed by atoms with E-state index in [0.717, 1.165) is 25.7 Å². The lowest BCUT2D eigenvalue weighted by molar-refractivity contribution is -0.137. The number of piperidine rings is 1. The molecule has 1 fully saturated rings. The lowest BCUT2D eigenvalue weighted by atomic mass is 10.00. The SMILES string of the molecule is CCCN(CC(=O)O)C(=O)N1CCCCC1CCO. The first-order chi connectivity index (χ1) is 9.10. The Bertz CT molecular complexity index is 307. The van der Waals surface area contributed by atoms with Crippen LogP contribution in [0.5, 0.6) is 0 Å². The third kappa shape index (κ3) is 4.70. The molecule has 2 amide bonds. The van der Waals surface area contributed by atoms with Crippen LogP contribution in [0.25, 0.3) is 0 Å². The van der Waals surface area contributed by atoms with E-state index in [1.807, 2.05) is 6.92 Å². The number of aliphatic carboxylic acids is 1. The largest absolute Gasteiger partial charge is 0.480 e. The van der Waals surface area contributed by atoms with Crippen LogP contribution in [0, 0.1) is 0 Å². The summed E-state index contributed by atoms with van der Waals surface area (Å²) < 4.78 is 0. The van der Waals surface area contributed by atoms with Gasteiger partial charge in [0.1, 0.15) is 6.54 Å². The normalized spacial score (nSPS) is 19.3. The van der Waals surface area contributed by atoms with E-state index in [-0.39, 0.29) is 25.2 Å². The number of aliphatic hydroxyl groups is 1. The Morgan fingerprint density at radius 1 is 1.37 bits per heavy atom. The maximum absolute atomic E-state index is 12.4. The van der Waals surface area contributed by atoms with Crippen LogP contribution in [0.4, 0.5) is 4.79 Å². The van der Waals surface area contributed by atoms with Crippen molar-refractivity contribution in [3.05, 3.63) is 0 Å². The monoisotopic (exact) mass is 272 g/mol. The van der Waals surface area contributed by atoms with Crippen LogP contribution in [0.2, 0.25) is 0 Å². The van der Waals surface area contributed by atoms with Gasteiger partial charge < -0.3 is 20.0 Å². The van der Waals surface area contributed by atoms with Crippen molar-refractivity contribution in [3.8, 4) is 0 Å². The fourth-order valence-corrected chi connectivity index (χ4v) is 2.56. The Morgan fingerprint density at radius 2 is 2.11 bits per heavy atom. The van der Waals surface area contributed by atoms with E-state index >= 15 is 0 Å². The van der Waals surface area contributed by atoms with E-state index in [0.29, 0.717) is 19.5 Å². The highest BCUT2D eigenvalue weighted by Gasteiger charge is 2.30. The predicted molar refractivity (Wildman–Crippen MR) is 70.9 cm³/mol. The number of nitrogens with zero attached hydrogens (tertiary/aromatic N) is 2. The van der Waals surface area contributed by atoms with E-state index in [1.165, 1.54) is 4.90 Å². The molecular weight excluding hydrogens is 248 g/mol. The first-order valence-electron chi connectivity index (χ1n) is 6.98. The van der Waals surface area contributed by atoms with E-state index < -0.39 is 5.97 Å². The fourth-order valence-electron chi connectivity index (χ4n) is 2.56. The van der Waals surface area contributed by atoms with Crippen molar-refractivity contribution in [3.63, 3.8) is 0 Å². The molecule has 0 aromatic carbocycles. The Labute approximate surface area is 114 Å². The maximum atomic E-state index is 12.4. The number of carboxylic acid groups (broad SMARTS) is 1. The van der Waals surface area contributed by atoms with Crippen molar-refractivity contribution < 1.29 is 19.8 Å². The minimum atomic E-state index is -0.988. The molecule has 2 N–H and O–H groups in total. The van der Waals surface area contributed by atoms with Gasteiger partial charge in [0, 0.05) is 25.7 Å². The minimum Gasteiger partial charge on any atom is -0.480 e. The highest BCUT2D eigenvalue weighted by Crippen LogP contribution is 2.21. The molecular formula is C13H24N2O4. The number of likely N-dealkylation sites (tertiary alicyclic amines) is 1. The van der Waals surface area contributed by atoms with E-state index in [2.05, 4.69) is 0 Å². The number of hydrogen-bond donors (Lipinski definition) is 2. The summed E-state index contributed by atoms with van der Waals surface area (Å²) in [6.45, 7) is 2.83. The number of carbonyl (C=O) groups excluding carboxylic acids is 1. The van der Waals surface area contributed by atoms with Crippen molar-refractivity contribution >= 4 is 12.0 Å². The van der Waals surface area contributed by atoms with Gasteiger partial charge in [0.05, 0.1) is 0 Å². The summed E-state index contributed by atoms with van der Waals surface area (Å²) in [7, 11) is 0. The van der Waals surface area contributed by atoms with Crippen molar-refractivity contribution in [1.29, 1.82) is 0 Å². The number of aliphatic hydroxyl groups excluding tert-OH is 1. The molecule has 1 atom stereocenters. The molecule has 1 heterocycles. The molecule has 0 saturated carbocycles. The number of amides is 2. The molecule has 0 aromatic rings. The van der Waals surface area contributed by atoms with Crippen molar-refractivity contribution in [1.82, 2.24) is 9.80 Å². The van der Waals surface area contributed by atoms with Crippen molar-refractivity contribution in [2.75, 3.05) is 26.2 Å². The smallest absolute Gasteiger partial charge is 0.323 e. The number of carboxylic acids is 1. The molecule has 1 unspecified atom stereocenters. The van der Waals surface area contributed by atoms with Gasteiger partial charge in [0.15, 0.2) is 0 Å². The molecule has 0 aliphatic carbocycles. The lowest BCUT2D eigenvalue weighted by Gasteiger charge is -2.38. The van der Waals surface area contributed by atoms with Crippen LogP contribution in [0.1, 0.15) is 39.0 Å². The Hall–Kier alpha value is -1.30. The van der Waals surface area contributed by atoms with Gasteiger partial charge in [-0.25, -0.2) is 4.79 Å². The molecule has 0 bridgehead atoms. The Morgan fingerprint density at radius 3 is 2.68 bits per heavy atom. The molecule has 6 nitrogen and oxygen atoms in total. The second-order valence-corrected chi connectivity index (χ2v) is 4.95. The summed E-state index contributed by atoms with van der Waals surface area (Å²) in [4.78, 5) is 26.4. The molecule has 0 spiro atoms. The third-order valence-electron chi connectivity index (χ3n) is 3.43.